The standard InChI is InChI=1S/C17H28ClN3/c1-4-16(19)10-14-6-7-15(18)11-17(14)21-9-8-20(5-2)13(3)12-21/h6-7,11,13,16H,4-5,8-10,12,19H2,1-3H3. The second-order valence-corrected chi connectivity index (χ2v) is 6.51. The van der Waals surface area contributed by atoms with Crippen molar-refractivity contribution in [2.75, 3.05) is 31.1 Å². The summed E-state index contributed by atoms with van der Waals surface area (Å²) in [5.41, 5.74) is 8.75. The lowest BCUT2D eigenvalue weighted by atomic mass is 10.0. The summed E-state index contributed by atoms with van der Waals surface area (Å²) in [6.07, 6.45) is 1.92. The Balaban J connectivity index is 2.20. The van der Waals surface area contributed by atoms with Crippen LogP contribution in [0.3, 0.4) is 0 Å². The molecular weight excluding hydrogens is 282 g/mol. The molecule has 0 bridgehead atoms. The average Bonchev–Trinajstić information content (AvgIpc) is 2.48. The summed E-state index contributed by atoms with van der Waals surface area (Å²) in [5, 5.41) is 0.810. The quantitative estimate of drug-likeness (QED) is 0.907. The zero-order valence-corrected chi connectivity index (χ0v) is 14.2. The van der Waals surface area contributed by atoms with E-state index < -0.39 is 0 Å². The highest BCUT2D eigenvalue weighted by atomic mass is 35.5. The largest absolute Gasteiger partial charge is 0.368 e. The van der Waals surface area contributed by atoms with Crippen LogP contribution in [0.2, 0.25) is 5.02 Å². The van der Waals surface area contributed by atoms with E-state index in [1.165, 1.54) is 11.3 Å². The maximum absolute atomic E-state index is 6.23. The van der Waals surface area contributed by atoms with Gasteiger partial charge in [-0.15, -0.1) is 0 Å². The smallest absolute Gasteiger partial charge is 0.0426 e. The van der Waals surface area contributed by atoms with Gasteiger partial charge in [-0.3, -0.25) is 4.90 Å². The van der Waals surface area contributed by atoms with Crippen LogP contribution in [0.25, 0.3) is 0 Å². The first kappa shape index (κ1) is 16.6. The lowest BCUT2D eigenvalue weighted by molar-refractivity contribution is 0.199. The molecule has 2 atom stereocenters. The van der Waals surface area contributed by atoms with Gasteiger partial charge in [0.15, 0.2) is 0 Å². The minimum absolute atomic E-state index is 0.222. The number of hydrogen-bond acceptors (Lipinski definition) is 3. The van der Waals surface area contributed by atoms with Crippen molar-refractivity contribution in [1.82, 2.24) is 4.90 Å². The van der Waals surface area contributed by atoms with Crippen LogP contribution in [0, 0.1) is 0 Å². The molecule has 1 aliphatic rings. The van der Waals surface area contributed by atoms with E-state index in [4.69, 9.17) is 17.3 Å². The summed E-state index contributed by atoms with van der Waals surface area (Å²) in [6, 6.07) is 7.03. The van der Waals surface area contributed by atoms with Crippen LogP contribution < -0.4 is 10.6 Å². The third-order valence-electron chi connectivity index (χ3n) is 4.57. The van der Waals surface area contributed by atoms with Gasteiger partial charge in [0.25, 0.3) is 0 Å². The second-order valence-electron chi connectivity index (χ2n) is 6.07. The topological polar surface area (TPSA) is 32.5 Å². The van der Waals surface area contributed by atoms with E-state index in [0.29, 0.717) is 6.04 Å². The second kappa shape index (κ2) is 7.48. The molecule has 21 heavy (non-hydrogen) atoms. The van der Waals surface area contributed by atoms with Gasteiger partial charge in [0, 0.05) is 42.4 Å². The fraction of sp³-hybridized carbons (Fsp3) is 0.647. The highest BCUT2D eigenvalue weighted by Crippen LogP contribution is 2.28. The van der Waals surface area contributed by atoms with Crippen molar-refractivity contribution in [2.24, 2.45) is 5.73 Å². The number of rotatable bonds is 5. The van der Waals surface area contributed by atoms with E-state index in [2.05, 4.69) is 42.7 Å². The fourth-order valence-electron chi connectivity index (χ4n) is 3.11. The van der Waals surface area contributed by atoms with Crippen molar-refractivity contribution >= 4 is 17.3 Å². The Morgan fingerprint density at radius 3 is 2.71 bits per heavy atom. The van der Waals surface area contributed by atoms with Gasteiger partial charge in [0.2, 0.25) is 0 Å². The minimum atomic E-state index is 0.222. The van der Waals surface area contributed by atoms with E-state index in [1.807, 2.05) is 6.07 Å². The Morgan fingerprint density at radius 2 is 2.10 bits per heavy atom. The van der Waals surface area contributed by atoms with E-state index in [-0.39, 0.29) is 6.04 Å². The SMILES string of the molecule is CCC(N)Cc1ccc(Cl)cc1N1CCN(CC)C(C)C1. The number of nitrogens with two attached hydrogens (primary N) is 1. The minimum Gasteiger partial charge on any atom is -0.368 e. The maximum atomic E-state index is 6.23. The summed E-state index contributed by atoms with van der Waals surface area (Å²) in [4.78, 5) is 5.00. The van der Waals surface area contributed by atoms with Gasteiger partial charge in [0.1, 0.15) is 0 Å². The molecule has 4 heteroatoms. The Morgan fingerprint density at radius 1 is 1.33 bits per heavy atom. The summed E-state index contributed by atoms with van der Waals surface area (Å²) >= 11 is 6.23. The van der Waals surface area contributed by atoms with Crippen LogP contribution in [-0.2, 0) is 6.42 Å². The Kier molecular flexibility index (Phi) is 5.91. The van der Waals surface area contributed by atoms with Gasteiger partial charge in [-0.25, -0.2) is 0 Å². The monoisotopic (exact) mass is 309 g/mol. The van der Waals surface area contributed by atoms with Crippen LogP contribution in [0.4, 0.5) is 5.69 Å². The van der Waals surface area contributed by atoms with Gasteiger partial charge in [-0.2, -0.15) is 0 Å². The number of nitrogens with zero attached hydrogens (tertiary/aromatic N) is 2. The van der Waals surface area contributed by atoms with Gasteiger partial charge < -0.3 is 10.6 Å². The van der Waals surface area contributed by atoms with Crippen molar-refractivity contribution < 1.29 is 0 Å². The molecule has 2 N–H and O–H groups in total. The zero-order chi connectivity index (χ0) is 15.4. The number of piperazine rings is 1. The zero-order valence-electron chi connectivity index (χ0n) is 13.5. The van der Waals surface area contributed by atoms with Crippen molar-refractivity contribution in [3.63, 3.8) is 0 Å². The van der Waals surface area contributed by atoms with Crippen molar-refractivity contribution in [1.29, 1.82) is 0 Å². The van der Waals surface area contributed by atoms with Crippen LogP contribution in [0.1, 0.15) is 32.8 Å². The van der Waals surface area contributed by atoms with E-state index in [9.17, 15) is 0 Å². The molecule has 118 valence electrons. The van der Waals surface area contributed by atoms with E-state index in [1.54, 1.807) is 0 Å². The molecule has 1 aromatic rings. The number of benzene rings is 1. The number of hydrogen-bond donors (Lipinski definition) is 1. The first-order valence-electron chi connectivity index (χ1n) is 8.08. The van der Waals surface area contributed by atoms with Crippen LogP contribution in [0.5, 0.6) is 0 Å². The van der Waals surface area contributed by atoms with Crippen LogP contribution in [-0.4, -0.2) is 43.2 Å². The average molecular weight is 310 g/mol. The van der Waals surface area contributed by atoms with Crippen molar-refractivity contribution in [3.05, 3.63) is 28.8 Å². The Bertz CT molecular complexity index is 463. The predicted octanol–water partition coefficient (Wildman–Crippen LogP) is 3.15. The van der Waals surface area contributed by atoms with Crippen LogP contribution in [0.15, 0.2) is 18.2 Å². The Labute approximate surface area is 134 Å². The Hall–Kier alpha value is -0.770. The van der Waals surface area contributed by atoms with Crippen molar-refractivity contribution in [3.8, 4) is 0 Å². The third-order valence-corrected chi connectivity index (χ3v) is 4.80. The number of halogens is 1. The highest BCUT2D eigenvalue weighted by Gasteiger charge is 2.24. The summed E-state index contributed by atoms with van der Waals surface area (Å²) in [7, 11) is 0. The molecule has 1 heterocycles. The van der Waals surface area contributed by atoms with Crippen molar-refractivity contribution in [2.45, 2.75) is 45.7 Å². The first-order chi connectivity index (χ1) is 10.0. The normalized spacial score (nSPS) is 21.6. The highest BCUT2D eigenvalue weighted by molar-refractivity contribution is 6.30. The molecule has 3 nitrogen and oxygen atoms in total. The van der Waals surface area contributed by atoms with Gasteiger partial charge in [-0.1, -0.05) is 31.5 Å². The predicted molar refractivity (Wildman–Crippen MR) is 92.3 cm³/mol. The summed E-state index contributed by atoms with van der Waals surface area (Å²) in [5.74, 6) is 0. The molecule has 0 aliphatic carbocycles. The lowest BCUT2D eigenvalue weighted by Gasteiger charge is -2.41. The van der Waals surface area contributed by atoms with E-state index in [0.717, 1.165) is 44.0 Å². The molecule has 1 fully saturated rings. The molecule has 1 saturated heterocycles. The number of anilines is 1. The third kappa shape index (κ3) is 4.12. The molecule has 0 aromatic heterocycles. The van der Waals surface area contributed by atoms with Crippen LogP contribution >= 0.6 is 11.6 Å². The molecule has 0 saturated carbocycles. The molecule has 1 aromatic carbocycles. The molecule has 2 rings (SSSR count). The summed E-state index contributed by atoms with van der Waals surface area (Å²) < 4.78 is 0. The lowest BCUT2D eigenvalue weighted by Crippen LogP contribution is -2.52. The van der Waals surface area contributed by atoms with E-state index >= 15 is 0 Å². The summed E-state index contributed by atoms with van der Waals surface area (Å²) in [6.45, 7) is 11.0. The molecule has 1 aliphatic heterocycles. The number of likely N-dealkylation sites (N-methyl/N-ethyl adjacent to an activating group) is 1. The molecular formula is C17H28ClN3. The fourth-order valence-corrected chi connectivity index (χ4v) is 3.28. The molecule has 0 amide bonds. The van der Waals surface area contributed by atoms with Gasteiger partial charge >= 0.3 is 0 Å². The van der Waals surface area contributed by atoms with Gasteiger partial charge in [0.05, 0.1) is 0 Å². The molecule has 2 unspecified atom stereocenters. The molecule has 0 radical (unpaired) electrons. The molecule has 0 spiro atoms. The first-order valence-corrected chi connectivity index (χ1v) is 8.45. The maximum Gasteiger partial charge on any atom is 0.0426 e. The van der Waals surface area contributed by atoms with Gasteiger partial charge in [-0.05, 0) is 44.0 Å².